The first kappa shape index (κ1) is 28.1. The van der Waals surface area contributed by atoms with Gasteiger partial charge in [-0.05, 0) is 43.0 Å². The van der Waals surface area contributed by atoms with E-state index >= 15 is 0 Å². The Balaban J connectivity index is 0. The minimum atomic E-state index is -4.68. The van der Waals surface area contributed by atoms with E-state index < -0.39 is 23.4 Å². The summed E-state index contributed by atoms with van der Waals surface area (Å²) in [5.74, 6) is -0.808. The van der Waals surface area contributed by atoms with Crippen LogP contribution in [0.5, 0.6) is 0 Å². The van der Waals surface area contributed by atoms with E-state index in [-0.39, 0.29) is 6.54 Å². The Labute approximate surface area is 167 Å². The molecule has 3 N–H and O–H groups in total. The lowest BCUT2D eigenvalue weighted by Gasteiger charge is -2.16. The Kier molecular flexibility index (Phi) is 14.0. The number of alkyl halides is 3. The molecule has 0 bridgehead atoms. The fourth-order valence-electron chi connectivity index (χ4n) is 2.52. The Bertz CT molecular complexity index is 655. The van der Waals surface area contributed by atoms with E-state index in [0.717, 1.165) is 35.4 Å². The molecule has 0 aliphatic heterocycles. The molecule has 0 heterocycles. The fourth-order valence-corrected chi connectivity index (χ4v) is 2.52. The van der Waals surface area contributed by atoms with Crippen molar-refractivity contribution in [3.05, 3.63) is 46.0 Å². The first-order valence-corrected chi connectivity index (χ1v) is 9.43. The number of aliphatic imine (C=N–C) groups is 1. The zero-order chi connectivity index (χ0) is 22.5. The highest BCUT2D eigenvalue weighted by atomic mass is 19.4. The topological polar surface area (TPSA) is 67.5 Å². The number of benzene rings is 1. The van der Waals surface area contributed by atoms with Gasteiger partial charge in [-0.2, -0.15) is 13.2 Å². The van der Waals surface area contributed by atoms with E-state index in [4.69, 9.17) is 5.73 Å². The van der Waals surface area contributed by atoms with Crippen molar-refractivity contribution in [1.29, 1.82) is 0 Å². The van der Waals surface area contributed by atoms with Crippen LogP contribution in [0.25, 0.3) is 0 Å². The van der Waals surface area contributed by atoms with Gasteiger partial charge in [0.2, 0.25) is 0 Å². The number of carbonyl (C=O) groups excluding carboxylic acids is 1. The Morgan fingerprint density at radius 3 is 1.93 bits per heavy atom. The molecule has 1 aromatic rings. The van der Waals surface area contributed by atoms with Crippen molar-refractivity contribution in [2.24, 2.45) is 10.7 Å². The maximum atomic E-state index is 12.9. The van der Waals surface area contributed by atoms with Gasteiger partial charge in [0, 0.05) is 20.1 Å². The van der Waals surface area contributed by atoms with Crippen LogP contribution in [0.4, 0.5) is 13.2 Å². The minimum Gasteiger partial charge on any atom is -0.348 e. The van der Waals surface area contributed by atoms with Gasteiger partial charge in [-0.1, -0.05) is 45.9 Å². The minimum absolute atomic E-state index is 0.132. The van der Waals surface area contributed by atoms with Gasteiger partial charge in [0.1, 0.15) is 0 Å². The molecular weight excluding hydrogens is 367 g/mol. The van der Waals surface area contributed by atoms with Gasteiger partial charge in [0.25, 0.3) is 5.91 Å². The predicted molar refractivity (Wildman–Crippen MR) is 112 cm³/mol. The van der Waals surface area contributed by atoms with Crippen LogP contribution in [0.3, 0.4) is 0 Å². The van der Waals surface area contributed by atoms with E-state index in [1.54, 1.807) is 0 Å². The maximum Gasteiger partial charge on any atom is 0.433 e. The van der Waals surface area contributed by atoms with E-state index in [1.807, 2.05) is 53.7 Å². The summed E-state index contributed by atoms with van der Waals surface area (Å²) in [6.07, 6.45) is -3.56. The molecule has 1 rings (SSSR count). The van der Waals surface area contributed by atoms with Crippen molar-refractivity contribution in [3.8, 4) is 0 Å². The average molecular weight is 402 g/mol. The molecule has 160 valence electrons. The summed E-state index contributed by atoms with van der Waals surface area (Å²) in [7, 11) is 1.01. The summed E-state index contributed by atoms with van der Waals surface area (Å²) in [4.78, 5) is 15.4. The second kappa shape index (κ2) is 13.9. The highest BCUT2D eigenvalue weighted by molar-refractivity contribution is 6.23. The van der Waals surface area contributed by atoms with Crippen LogP contribution >= 0.6 is 0 Å². The van der Waals surface area contributed by atoms with Crippen molar-refractivity contribution >= 4 is 11.6 Å². The van der Waals surface area contributed by atoms with Crippen LogP contribution in [0.1, 0.15) is 56.9 Å². The highest BCUT2D eigenvalue weighted by Crippen LogP contribution is 2.23. The molecule has 0 saturated heterocycles. The third kappa shape index (κ3) is 8.25. The monoisotopic (exact) mass is 401 g/mol. The zero-order valence-corrected chi connectivity index (χ0v) is 18.2. The molecule has 0 spiro atoms. The van der Waals surface area contributed by atoms with Gasteiger partial charge in [-0.3, -0.25) is 9.79 Å². The van der Waals surface area contributed by atoms with Crippen LogP contribution in [0.15, 0.2) is 28.8 Å². The number of nitrogens with one attached hydrogen (secondary N) is 1. The van der Waals surface area contributed by atoms with Gasteiger partial charge in [-0.25, -0.2) is 0 Å². The second-order valence-corrected chi connectivity index (χ2v) is 5.37. The molecule has 28 heavy (non-hydrogen) atoms. The number of aryl methyl sites for hydroxylation is 2. The molecule has 0 aliphatic rings. The maximum absolute atomic E-state index is 12.9. The number of rotatable bonds is 5. The van der Waals surface area contributed by atoms with Crippen LogP contribution in [0.2, 0.25) is 0 Å². The summed E-state index contributed by atoms with van der Waals surface area (Å²) < 4.78 is 38.8. The zero-order valence-electron chi connectivity index (χ0n) is 18.2. The van der Waals surface area contributed by atoms with Crippen LogP contribution in [-0.4, -0.2) is 24.8 Å². The number of halogens is 3. The Morgan fingerprint density at radius 1 is 1.14 bits per heavy atom. The SMILES string of the molecule is C/C=C(/C(=O)NCc1c(C)cc(CN)cc1C)C(=NC)C(F)(F)F.CC.CC. The normalized spacial score (nSPS) is 11.7. The lowest BCUT2D eigenvalue weighted by atomic mass is 9.99. The summed E-state index contributed by atoms with van der Waals surface area (Å²) in [5.41, 5.74) is 7.62. The molecule has 4 nitrogen and oxygen atoms in total. The van der Waals surface area contributed by atoms with Gasteiger partial charge < -0.3 is 11.1 Å². The number of allylic oxidation sites excluding steroid dienone is 1. The average Bonchev–Trinajstić information content (AvgIpc) is 2.66. The number of nitrogens with two attached hydrogens (primary N) is 1. The molecular formula is C21H34F3N3O. The van der Waals surface area contributed by atoms with Crippen LogP contribution in [-0.2, 0) is 17.9 Å². The van der Waals surface area contributed by atoms with Crippen LogP contribution < -0.4 is 11.1 Å². The standard InChI is InChI=1S/C17H22F3N3O.2C2H6/c1-5-13(15(22-4)17(18,19)20)16(24)23-9-14-10(2)6-12(8-21)7-11(14)3;2*1-2/h5-7H,8-9,21H2,1-4H3,(H,23,24);2*1-2H3/b13-5+,22-15?;;. The summed E-state index contributed by atoms with van der Waals surface area (Å²) in [5, 5.41) is 2.54. The summed E-state index contributed by atoms with van der Waals surface area (Å²) in [6, 6.07) is 3.80. The predicted octanol–water partition coefficient (Wildman–Crippen LogP) is 5.01. The largest absolute Gasteiger partial charge is 0.433 e. The summed E-state index contributed by atoms with van der Waals surface area (Å²) >= 11 is 0. The quantitative estimate of drug-likeness (QED) is 0.538. The molecule has 7 heteroatoms. The fraction of sp³-hybridized carbons (Fsp3) is 0.524. The molecule has 0 fully saturated rings. The number of hydrogen-bond donors (Lipinski definition) is 2. The molecule has 0 aromatic heterocycles. The van der Waals surface area contributed by atoms with Gasteiger partial charge in [-0.15, -0.1) is 0 Å². The first-order chi connectivity index (χ1) is 13.1. The lowest BCUT2D eigenvalue weighted by molar-refractivity contribution is -0.117. The molecule has 0 unspecified atom stereocenters. The number of hydrogen-bond acceptors (Lipinski definition) is 3. The molecule has 0 saturated carbocycles. The molecule has 1 amide bonds. The van der Waals surface area contributed by atoms with Crippen molar-refractivity contribution in [1.82, 2.24) is 5.32 Å². The van der Waals surface area contributed by atoms with Crippen molar-refractivity contribution in [2.45, 2.75) is 67.7 Å². The highest BCUT2D eigenvalue weighted by Gasteiger charge is 2.39. The second-order valence-electron chi connectivity index (χ2n) is 5.37. The Hall–Kier alpha value is -2.15. The molecule has 0 radical (unpaired) electrons. The number of amides is 1. The van der Waals surface area contributed by atoms with Gasteiger partial charge in [0.05, 0.1) is 5.57 Å². The third-order valence-electron chi connectivity index (χ3n) is 3.70. The number of carbonyl (C=O) groups is 1. The van der Waals surface area contributed by atoms with E-state index in [1.165, 1.54) is 6.92 Å². The molecule has 0 atom stereocenters. The summed E-state index contributed by atoms with van der Waals surface area (Å²) in [6.45, 7) is 13.7. The van der Waals surface area contributed by atoms with Crippen molar-refractivity contribution in [3.63, 3.8) is 0 Å². The molecule has 0 aliphatic carbocycles. The van der Waals surface area contributed by atoms with Crippen molar-refractivity contribution in [2.75, 3.05) is 7.05 Å². The molecule has 1 aromatic carbocycles. The van der Waals surface area contributed by atoms with Gasteiger partial charge in [0.15, 0.2) is 5.71 Å². The van der Waals surface area contributed by atoms with Crippen LogP contribution in [0, 0.1) is 13.8 Å². The van der Waals surface area contributed by atoms with Crippen molar-refractivity contribution < 1.29 is 18.0 Å². The van der Waals surface area contributed by atoms with E-state index in [0.29, 0.717) is 6.54 Å². The smallest absolute Gasteiger partial charge is 0.348 e. The first-order valence-electron chi connectivity index (χ1n) is 9.43. The van der Waals surface area contributed by atoms with E-state index in [9.17, 15) is 18.0 Å². The Morgan fingerprint density at radius 2 is 1.61 bits per heavy atom. The van der Waals surface area contributed by atoms with E-state index in [2.05, 4.69) is 10.3 Å². The third-order valence-corrected chi connectivity index (χ3v) is 3.70. The lowest BCUT2D eigenvalue weighted by Crippen LogP contribution is -2.35. The van der Waals surface area contributed by atoms with Gasteiger partial charge >= 0.3 is 6.18 Å². The number of nitrogens with zero attached hydrogens (tertiary/aromatic N) is 1.